The highest BCUT2D eigenvalue weighted by molar-refractivity contribution is 6.35. The number of nitrogens with zero attached hydrogens (tertiary/aromatic N) is 12. The summed E-state index contributed by atoms with van der Waals surface area (Å²) in [5.74, 6) is -2.44. The van der Waals surface area contributed by atoms with Crippen molar-refractivity contribution in [3.63, 3.8) is 0 Å². The van der Waals surface area contributed by atoms with Gasteiger partial charge in [-0.15, -0.1) is 10.2 Å². The van der Waals surface area contributed by atoms with Crippen LogP contribution in [0, 0.1) is 37.1 Å². The Balaban J connectivity index is 0.716. The summed E-state index contributed by atoms with van der Waals surface area (Å²) in [5, 5.41) is 27.6. The van der Waals surface area contributed by atoms with E-state index >= 15 is 8.78 Å². The van der Waals surface area contributed by atoms with Gasteiger partial charge >= 0.3 is 0 Å². The van der Waals surface area contributed by atoms with E-state index in [4.69, 9.17) is 128 Å². The van der Waals surface area contributed by atoms with Crippen LogP contribution in [0.1, 0.15) is 110 Å². The van der Waals surface area contributed by atoms with E-state index in [1.54, 1.807) is 76.7 Å². The number of halogens is 10. The normalized spacial score (nSPS) is 24.0. The highest BCUT2D eigenvalue weighted by Gasteiger charge is 2.57. The summed E-state index contributed by atoms with van der Waals surface area (Å²) in [5.41, 5.74) is 2.84. The van der Waals surface area contributed by atoms with Crippen molar-refractivity contribution in [2.45, 2.75) is 126 Å². The average Bonchev–Trinajstić information content (AvgIpc) is 1.74. The summed E-state index contributed by atoms with van der Waals surface area (Å²) in [6, 6.07) is 31.4. The second-order valence-corrected chi connectivity index (χ2v) is 26.1. The Morgan fingerprint density at radius 3 is 1.43 bits per heavy atom. The molecule has 0 N–H and O–H groups in total. The first-order valence-corrected chi connectivity index (χ1v) is 33.4. The molecule has 0 bridgehead atoms. The summed E-state index contributed by atoms with van der Waals surface area (Å²) in [6.45, 7) is 3.99. The average molecular weight is 1450 g/mol. The zero-order chi connectivity index (χ0) is 67.2. The molecule has 4 aromatic heterocycles. The third kappa shape index (κ3) is 14.1. The van der Waals surface area contributed by atoms with Crippen LogP contribution in [0.2, 0.25) is 30.1 Å². The number of unbranched alkanes of at least 4 members (excludes halogenated alkanes) is 5. The Hall–Kier alpha value is -6.98. The van der Waals surface area contributed by atoms with E-state index in [0.717, 1.165) is 61.1 Å². The third-order valence-electron chi connectivity index (χ3n) is 17.2. The van der Waals surface area contributed by atoms with Gasteiger partial charge in [0.2, 0.25) is 0 Å². The minimum atomic E-state index is -1.05. The predicted octanol–water partition coefficient (Wildman–Crippen LogP) is 15.8. The van der Waals surface area contributed by atoms with Gasteiger partial charge in [-0.2, -0.15) is 10.2 Å². The number of hydrogen-bond acceptors (Lipinski definition) is 16. The van der Waals surface area contributed by atoms with Gasteiger partial charge in [0.05, 0.1) is 40.4 Å². The van der Waals surface area contributed by atoms with Crippen LogP contribution in [0.25, 0.3) is 33.9 Å². The zero-order valence-corrected chi connectivity index (χ0v) is 55.9. The summed E-state index contributed by atoms with van der Waals surface area (Å²) < 4.78 is 121. The molecule has 10 aromatic rings. The fourth-order valence-electron chi connectivity index (χ4n) is 12.7. The second-order valence-electron chi connectivity index (χ2n) is 23.7. The minimum absolute atomic E-state index is 0.0759. The SMILES string of the molecule is Cc1nc(C2OC3COC(c4ccccc4)OC3C(n3cc(-c4cc(F)c(Cl)c(F)c4)nn3)C2OCCCCCCCCOC2C(c3nc(C)nn3-c3cc(Cl)ccc3Cl)OC3OC(c4ccccc4)OC3C2n2cc(-c3cc(F)c(Cl)c(F)c3)nn2)n(-c2cc(Cl)ccc2Cl)n1. The maximum absolute atomic E-state index is 15.0. The molecule has 12 atom stereocenters. The molecule has 0 aliphatic carbocycles. The number of aromatic nitrogens is 12. The van der Waals surface area contributed by atoms with Gasteiger partial charge in [-0.1, -0.05) is 166 Å². The Labute approximate surface area is 582 Å². The van der Waals surface area contributed by atoms with Crippen LogP contribution in [0.3, 0.4) is 0 Å². The van der Waals surface area contributed by atoms with Crippen molar-refractivity contribution in [3.05, 3.63) is 222 Å². The largest absolute Gasteiger partial charge is 0.373 e. The monoisotopic (exact) mass is 1440 g/mol. The molecule has 30 heteroatoms. The van der Waals surface area contributed by atoms with E-state index in [-0.39, 0.29) is 42.3 Å². The standard InChI is InChI=1S/C67H58Cl6F4N12O8/c1-34-78-63(88(82-34)50-29-40(68)19-21-42(50)70)61-58(55(57-52(93-61)33-92-65(94-57)36-15-9-7-10-16-36)86-31-48(80-84-86)38-25-44(74)53(72)45(75)26-38)90-23-13-5-3-4-6-14-24-91-59-56(87-32-49(81-85-87)39-27-46(76)54(73)47(77)28-39)60-67(97-66(95-60)37-17-11-8-12-18-37)96-62(59)64-79-35(2)83-89(64)51-30-41(69)20-22-43(51)71/h7-12,15-22,25-32,52,55-62,65-67H,3-6,13-14,23-24,33H2,1-2H3. The summed E-state index contributed by atoms with van der Waals surface area (Å²) in [4.78, 5) is 9.82. The second kappa shape index (κ2) is 29.1. The molecule has 0 spiro atoms. The molecule has 4 saturated heterocycles. The lowest BCUT2D eigenvalue weighted by molar-refractivity contribution is -0.323. The van der Waals surface area contributed by atoms with Gasteiger partial charge in [0, 0.05) is 45.5 Å². The van der Waals surface area contributed by atoms with Crippen molar-refractivity contribution < 1.29 is 55.5 Å². The molecule has 20 nitrogen and oxygen atoms in total. The van der Waals surface area contributed by atoms with Gasteiger partial charge in [0.15, 0.2) is 30.5 Å². The lowest BCUT2D eigenvalue weighted by atomic mass is 9.90. The fourth-order valence-corrected chi connectivity index (χ4v) is 13.6. The molecule has 8 heterocycles. The van der Waals surface area contributed by atoms with Gasteiger partial charge in [-0.3, -0.25) is 0 Å². The maximum Gasteiger partial charge on any atom is 0.190 e. The molecule has 97 heavy (non-hydrogen) atoms. The first-order valence-electron chi connectivity index (χ1n) is 31.1. The molecule has 4 aliphatic rings. The molecule has 12 unspecified atom stereocenters. The van der Waals surface area contributed by atoms with Gasteiger partial charge in [0.25, 0.3) is 0 Å². The van der Waals surface area contributed by atoms with E-state index in [9.17, 15) is 8.78 Å². The van der Waals surface area contributed by atoms with Gasteiger partial charge in [-0.05, 0) is 87.4 Å². The highest BCUT2D eigenvalue weighted by Crippen LogP contribution is 2.50. The number of ether oxygens (including phenoxy) is 8. The van der Waals surface area contributed by atoms with Crippen molar-refractivity contribution >= 4 is 69.6 Å². The van der Waals surface area contributed by atoms with Gasteiger partial charge in [0.1, 0.15) is 111 Å². The van der Waals surface area contributed by atoms with Crippen molar-refractivity contribution in [2.75, 3.05) is 19.8 Å². The van der Waals surface area contributed by atoms with Crippen LogP contribution in [0.15, 0.2) is 134 Å². The lowest BCUT2D eigenvalue weighted by Gasteiger charge is -2.49. The van der Waals surface area contributed by atoms with E-state index in [0.29, 0.717) is 67.6 Å². The Morgan fingerprint density at radius 1 is 0.495 bits per heavy atom. The molecule has 14 rings (SSSR count). The first-order chi connectivity index (χ1) is 47.0. The van der Waals surface area contributed by atoms with E-state index in [2.05, 4.69) is 20.6 Å². The number of rotatable bonds is 21. The summed E-state index contributed by atoms with van der Waals surface area (Å²) in [6.07, 6.45) is -1.73. The minimum Gasteiger partial charge on any atom is -0.373 e. The van der Waals surface area contributed by atoms with Crippen LogP contribution in [0.4, 0.5) is 17.6 Å². The van der Waals surface area contributed by atoms with E-state index in [1.807, 2.05) is 60.7 Å². The van der Waals surface area contributed by atoms with Gasteiger partial charge in [-0.25, -0.2) is 46.3 Å². The highest BCUT2D eigenvalue weighted by atomic mass is 35.5. The molecular weight excluding hydrogens is 1390 g/mol. The van der Waals surface area contributed by atoms with Crippen LogP contribution >= 0.6 is 69.6 Å². The van der Waals surface area contributed by atoms with E-state index in [1.165, 1.54) is 4.68 Å². The molecule has 504 valence electrons. The quantitative estimate of drug-likeness (QED) is 0.0374. The Kier molecular flexibility index (Phi) is 20.1. The Bertz CT molecular complexity index is 4420. The van der Waals surface area contributed by atoms with Crippen LogP contribution in [-0.4, -0.2) is 116 Å². The molecule has 6 aromatic carbocycles. The number of fused-ring (bicyclic) bond motifs is 2. The van der Waals surface area contributed by atoms with Crippen LogP contribution in [0.5, 0.6) is 0 Å². The smallest absolute Gasteiger partial charge is 0.190 e. The van der Waals surface area contributed by atoms with Crippen LogP contribution in [-0.2, 0) is 37.9 Å². The van der Waals surface area contributed by atoms with Crippen LogP contribution < -0.4 is 0 Å². The van der Waals surface area contributed by atoms with E-state index < -0.39 is 107 Å². The number of aryl methyl sites for hydroxylation is 2. The molecule has 4 aliphatic heterocycles. The number of hydrogen-bond donors (Lipinski definition) is 0. The molecule has 0 amide bonds. The van der Waals surface area contributed by atoms with Crippen molar-refractivity contribution in [2.24, 2.45) is 0 Å². The molecule has 4 fully saturated rings. The summed E-state index contributed by atoms with van der Waals surface area (Å²) >= 11 is 38.6. The molecule has 0 saturated carbocycles. The van der Waals surface area contributed by atoms with Crippen molar-refractivity contribution in [3.8, 4) is 33.9 Å². The maximum atomic E-state index is 15.0. The van der Waals surface area contributed by atoms with Crippen molar-refractivity contribution in [1.29, 1.82) is 0 Å². The molecular formula is C67H58Cl6F4N12O8. The van der Waals surface area contributed by atoms with Gasteiger partial charge < -0.3 is 37.9 Å². The summed E-state index contributed by atoms with van der Waals surface area (Å²) in [7, 11) is 0. The molecule has 0 radical (unpaired) electrons. The predicted molar refractivity (Wildman–Crippen MR) is 349 cm³/mol. The zero-order valence-electron chi connectivity index (χ0n) is 51.4. The van der Waals surface area contributed by atoms with Crippen molar-refractivity contribution in [1.82, 2.24) is 59.5 Å². The first kappa shape index (κ1) is 67.2. The topological polar surface area (TPSA) is 197 Å². The fraction of sp³-hybridized carbons (Fsp3) is 0.343. The third-order valence-corrected chi connectivity index (χ3v) is 19.0. The lowest BCUT2D eigenvalue weighted by Crippen LogP contribution is -2.57. The Morgan fingerprint density at radius 2 is 0.938 bits per heavy atom. The number of benzene rings is 6.